The molecule has 0 bridgehead atoms. The molecule has 2 N–H and O–H groups in total. The normalized spacial score (nSPS) is 21.0. The lowest BCUT2D eigenvalue weighted by Crippen LogP contribution is -2.44. The molecule has 5 nitrogen and oxygen atoms in total. The molecule has 0 fully saturated rings. The Labute approximate surface area is 131 Å². The van der Waals surface area contributed by atoms with E-state index in [2.05, 4.69) is 5.32 Å². The Balaban J connectivity index is 2.13. The fourth-order valence-electron chi connectivity index (χ4n) is 2.76. The molecule has 0 heterocycles. The molecule has 1 unspecified atom stereocenters. The minimum Gasteiger partial charge on any atom is -0.497 e. The molecular weight excluding hydrogens is 282 g/mol. The van der Waals surface area contributed by atoms with Crippen molar-refractivity contribution >= 4 is 6.09 Å². The Morgan fingerprint density at radius 2 is 2.14 bits per heavy atom. The van der Waals surface area contributed by atoms with Gasteiger partial charge in [-0.1, -0.05) is 6.07 Å². The minimum atomic E-state index is -1.08. The smallest absolute Gasteiger partial charge is 0.407 e. The summed E-state index contributed by atoms with van der Waals surface area (Å²) in [6.07, 6.45) is 1.89. The first-order valence-corrected chi connectivity index (χ1v) is 7.60. The highest BCUT2D eigenvalue weighted by molar-refractivity contribution is 5.67. The Morgan fingerprint density at radius 3 is 2.77 bits per heavy atom. The summed E-state index contributed by atoms with van der Waals surface area (Å²) in [7, 11) is 1.60. The first-order chi connectivity index (χ1) is 10.2. The summed E-state index contributed by atoms with van der Waals surface area (Å²) < 4.78 is 10.5. The van der Waals surface area contributed by atoms with Crippen LogP contribution in [0.3, 0.4) is 0 Å². The van der Waals surface area contributed by atoms with Crippen molar-refractivity contribution < 1.29 is 19.4 Å². The first-order valence-electron chi connectivity index (χ1n) is 7.60. The van der Waals surface area contributed by atoms with Gasteiger partial charge in [-0.05, 0) is 63.3 Å². The molecule has 0 spiro atoms. The van der Waals surface area contributed by atoms with Gasteiger partial charge in [-0.2, -0.15) is 0 Å². The molecule has 0 aliphatic heterocycles. The number of ether oxygens (including phenoxy) is 2. The van der Waals surface area contributed by atoms with E-state index in [-0.39, 0.29) is 6.54 Å². The zero-order chi connectivity index (χ0) is 16.4. The summed E-state index contributed by atoms with van der Waals surface area (Å²) in [6.45, 7) is 5.55. The van der Waals surface area contributed by atoms with E-state index in [1.54, 1.807) is 7.11 Å². The van der Waals surface area contributed by atoms with Crippen molar-refractivity contribution in [3.8, 4) is 5.75 Å². The van der Waals surface area contributed by atoms with Crippen molar-refractivity contribution in [2.24, 2.45) is 0 Å². The van der Waals surface area contributed by atoms with Crippen LogP contribution in [0.15, 0.2) is 18.2 Å². The number of aryl methyl sites for hydroxylation is 1. The number of carbonyl (C=O) groups is 1. The lowest BCUT2D eigenvalue weighted by molar-refractivity contribution is 0.00942. The zero-order valence-corrected chi connectivity index (χ0v) is 13.7. The molecule has 0 saturated carbocycles. The van der Waals surface area contributed by atoms with Gasteiger partial charge in [-0.15, -0.1) is 0 Å². The van der Waals surface area contributed by atoms with Crippen molar-refractivity contribution in [2.45, 2.75) is 51.2 Å². The highest BCUT2D eigenvalue weighted by Gasteiger charge is 2.35. The second-order valence-electron chi connectivity index (χ2n) is 6.76. The second-order valence-corrected chi connectivity index (χ2v) is 6.76. The standard InChI is InChI=1S/C17H25NO4/c1-16(2,3)22-15(19)18-11-17(20)9-5-6-12-7-8-13(21-4)10-14(12)17/h7-8,10,20H,5-6,9,11H2,1-4H3,(H,18,19). The van der Waals surface area contributed by atoms with Crippen LogP contribution in [0.1, 0.15) is 44.7 Å². The third-order valence-electron chi connectivity index (χ3n) is 3.78. The summed E-state index contributed by atoms with van der Waals surface area (Å²) in [4.78, 5) is 11.8. The molecule has 122 valence electrons. The van der Waals surface area contributed by atoms with Crippen LogP contribution < -0.4 is 10.1 Å². The Kier molecular flexibility index (Phi) is 4.66. The van der Waals surface area contributed by atoms with Crippen molar-refractivity contribution in [1.29, 1.82) is 0 Å². The number of benzene rings is 1. The summed E-state index contributed by atoms with van der Waals surface area (Å²) in [5.74, 6) is 0.705. The van der Waals surface area contributed by atoms with Gasteiger partial charge in [0.05, 0.1) is 13.7 Å². The molecule has 0 aromatic heterocycles. The maximum atomic E-state index is 11.8. The summed E-state index contributed by atoms with van der Waals surface area (Å²) in [5, 5.41) is 13.6. The Morgan fingerprint density at radius 1 is 1.41 bits per heavy atom. The fraction of sp³-hybridized carbons (Fsp3) is 0.588. The van der Waals surface area contributed by atoms with E-state index in [9.17, 15) is 9.90 Å². The summed E-state index contributed by atoms with van der Waals surface area (Å²) in [5.41, 5.74) is 0.286. The molecule has 1 aromatic rings. The summed E-state index contributed by atoms with van der Waals surface area (Å²) in [6, 6.07) is 5.73. The van der Waals surface area contributed by atoms with E-state index in [0.717, 1.165) is 24.0 Å². The largest absolute Gasteiger partial charge is 0.497 e. The number of hydrogen-bond acceptors (Lipinski definition) is 4. The van der Waals surface area contributed by atoms with Gasteiger partial charge in [-0.25, -0.2) is 4.79 Å². The van der Waals surface area contributed by atoms with Gasteiger partial charge in [-0.3, -0.25) is 0 Å². The molecular formula is C17H25NO4. The molecule has 1 atom stereocenters. The average molecular weight is 307 g/mol. The number of hydrogen-bond donors (Lipinski definition) is 2. The number of rotatable bonds is 3. The number of alkyl carbamates (subject to hydrolysis) is 1. The van der Waals surface area contributed by atoms with Gasteiger partial charge in [0.1, 0.15) is 17.0 Å². The maximum absolute atomic E-state index is 11.8. The molecule has 0 saturated heterocycles. The average Bonchev–Trinajstić information content (AvgIpc) is 2.44. The van der Waals surface area contributed by atoms with Gasteiger partial charge in [0, 0.05) is 0 Å². The minimum absolute atomic E-state index is 0.127. The van der Waals surface area contributed by atoms with Gasteiger partial charge in [0.2, 0.25) is 0 Å². The van der Waals surface area contributed by atoms with E-state index in [1.165, 1.54) is 0 Å². The molecule has 1 aromatic carbocycles. The van der Waals surface area contributed by atoms with Crippen LogP contribution in [0, 0.1) is 0 Å². The number of methoxy groups -OCH3 is 1. The topological polar surface area (TPSA) is 67.8 Å². The molecule has 2 rings (SSSR count). The van der Waals surface area contributed by atoms with E-state index in [4.69, 9.17) is 9.47 Å². The van der Waals surface area contributed by atoms with Gasteiger partial charge in [0.15, 0.2) is 0 Å². The van der Waals surface area contributed by atoms with Crippen molar-refractivity contribution in [2.75, 3.05) is 13.7 Å². The molecule has 22 heavy (non-hydrogen) atoms. The number of fused-ring (bicyclic) bond motifs is 1. The fourth-order valence-corrected chi connectivity index (χ4v) is 2.76. The van der Waals surface area contributed by atoms with Gasteiger partial charge < -0.3 is 19.9 Å². The first kappa shape index (κ1) is 16.6. The lowest BCUT2D eigenvalue weighted by Gasteiger charge is -2.35. The molecule has 5 heteroatoms. The number of carbonyl (C=O) groups excluding carboxylic acids is 1. The highest BCUT2D eigenvalue weighted by Crippen LogP contribution is 2.37. The van der Waals surface area contributed by atoms with Crippen LogP contribution in [-0.2, 0) is 16.8 Å². The monoisotopic (exact) mass is 307 g/mol. The third-order valence-corrected chi connectivity index (χ3v) is 3.78. The Hall–Kier alpha value is -1.75. The summed E-state index contributed by atoms with van der Waals surface area (Å²) >= 11 is 0. The Bertz CT molecular complexity index is 550. The predicted octanol–water partition coefficient (Wildman–Crippen LogP) is 2.74. The zero-order valence-electron chi connectivity index (χ0n) is 13.7. The highest BCUT2D eigenvalue weighted by atomic mass is 16.6. The van der Waals surface area contributed by atoms with Crippen LogP contribution in [-0.4, -0.2) is 30.5 Å². The van der Waals surface area contributed by atoms with Crippen molar-refractivity contribution in [1.82, 2.24) is 5.32 Å². The molecule has 1 aliphatic carbocycles. The van der Waals surface area contributed by atoms with E-state index in [1.807, 2.05) is 39.0 Å². The molecule has 1 amide bonds. The number of nitrogens with one attached hydrogen (secondary N) is 1. The maximum Gasteiger partial charge on any atom is 0.407 e. The van der Waals surface area contributed by atoms with Gasteiger partial charge >= 0.3 is 6.09 Å². The quantitative estimate of drug-likeness (QED) is 0.901. The third kappa shape index (κ3) is 3.91. The van der Waals surface area contributed by atoms with Crippen molar-refractivity contribution in [3.05, 3.63) is 29.3 Å². The van der Waals surface area contributed by atoms with Crippen LogP contribution in [0.4, 0.5) is 4.79 Å². The molecule has 1 aliphatic rings. The predicted molar refractivity (Wildman–Crippen MR) is 84.1 cm³/mol. The number of amides is 1. The van der Waals surface area contributed by atoms with Crippen LogP contribution >= 0.6 is 0 Å². The van der Waals surface area contributed by atoms with E-state index < -0.39 is 17.3 Å². The van der Waals surface area contributed by atoms with Gasteiger partial charge in [0.25, 0.3) is 0 Å². The van der Waals surface area contributed by atoms with Crippen LogP contribution in [0.25, 0.3) is 0 Å². The lowest BCUT2D eigenvalue weighted by atomic mass is 9.79. The van der Waals surface area contributed by atoms with E-state index in [0.29, 0.717) is 12.2 Å². The van der Waals surface area contributed by atoms with Crippen molar-refractivity contribution in [3.63, 3.8) is 0 Å². The van der Waals surface area contributed by atoms with Crippen LogP contribution in [0.5, 0.6) is 5.75 Å². The SMILES string of the molecule is COc1ccc2c(c1)C(O)(CNC(=O)OC(C)(C)C)CCC2. The van der Waals surface area contributed by atoms with Crippen LogP contribution in [0.2, 0.25) is 0 Å². The number of aliphatic hydroxyl groups is 1. The van der Waals surface area contributed by atoms with E-state index >= 15 is 0 Å². The second kappa shape index (κ2) is 6.16. The molecule has 0 radical (unpaired) electrons.